The lowest BCUT2D eigenvalue weighted by atomic mass is 9.84. The van der Waals surface area contributed by atoms with Crippen LogP contribution in [0.4, 0.5) is 30.2 Å². The van der Waals surface area contributed by atoms with Gasteiger partial charge in [0.05, 0.1) is 29.2 Å². The van der Waals surface area contributed by atoms with Gasteiger partial charge >= 0.3 is 0 Å². The van der Waals surface area contributed by atoms with Crippen molar-refractivity contribution in [2.45, 2.75) is 18.4 Å². The number of hydrogen-bond donors (Lipinski definition) is 1. The topological polar surface area (TPSA) is 56.1 Å². The number of likely N-dealkylation sites (tertiary alicyclic amines) is 1. The quantitative estimate of drug-likeness (QED) is 0.587. The fourth-order valence-corrected chi connectivity index (χ4v) is 4.60. The Hall–Kier alpha value is -3.65. The average Bonchev–Trinajstić information content (AvgIpc) is 2.85. The number of halogens is 3. The Bertz CT molecular complexity index is 1290. The Morgan fingerprint density at radius 2 is 1.68 bits per heavy atom. The van der Waals surface area contributed by atoms with Crippen LogP contribution in [0.1, 0.15) is 28.8 Å². The first-order valence-corrected chi connectivity index (χ1v) is 11.0. The van der Waals surface area contributed by atoms with Crippen molar-refractivity contribution in [3.05, 3.63) is 89.2 Å². The zero-order chi connectivity index (χ0) is 23.9. The molecule has 1 fully saturated rings. The van der Waals surface area contributed by atoms with Crippen LogP contribution in [0.2, 0.25) is 0 Å². The number of hydrogen-bond acceptors (Lipinski definition) is 4. The monoisotopic (exact) mass is 465 g/mol. The van der Waals surface area contributed by atoms with Crippen LogP contribution in [0.25, 0.3) is 0 Å². The smallest absolute Gasteiger partial charge is 0.253 e. The van der Waals surface area contributed by atoms with Gasteiger partial charge in [0, 0.05) is 30.4 Å². The highest BCUT2D eigenvalue weighted by Crippen LogP contribution is 2.38. The van der Waals surface area contributed by atoms with Crippen LogP contribution in [-0.4, -0.2) is 41.8 Å². The molecule has 2 aliphatic rings. The van der Waals surface area contributed by atoms with Crippen LogP contribution in [0.15, 0.2) is 65.7 Å². The van der Waals surface area contributed by atoms with Gasteiger partial charge in [-0.1, -0.05) is 24.3 Å². The summed E-state index contributed by atoms with van der Waals surface area (Å²) >= 11 is 0. The van der Waals surface area contributed by atoms with Crippen LogP contribution >= 0.6 is 0 Å². The number of aliphatic imine (C=N–C) groups is 1. The third-order valence-corrected chi connectivity index (χ3v) is 6.48. The van der Waals surface area contributed by atoms with E-state index in [1.165, 1.54) is 23.1 Å². The summed E-state index contributed by atoms with van der Waals surface area (Å²) in [5, 5.41) is 10.9. The number of amides is 1. The van der Waals surface area contributed by atoms with E-state index in [1.807, 2.05) is 24.3 Å². The second kappa shape index (κ2) is 8.61. The predicted octanol–water partition coefficient (Wildman–Crippen LogP) is 5.08. The van der Waals surface area contributed by atoms with Crippen molar-refractivity contribution in [2.24, 2.45) is 4.99 Å². The molecule has 0 atom stereocenters. The van der Waals surface area contributed by atoms with Crippen molar-refractivity contribution in [1.29, 1.82) is 0 Å². The highest BCUT2D eigenvalue weighted by atomic mass is 19.2. The Morgan fingerprint density at radius 1 is 0.912 bits per heavy atom. The normalized spacial score (nSPS) is 16.9. The first-order chi connectivity index (χ1) is 16.4. The molecule has 1 saturated heterocycles. The van der Waals surface area contributed by atoms with Gasteiger partial charge in [-0.25, -0.2) is 13.2 Å². The molecule has 0 saturated carbocycles. The molecule has 0 radical (unpaired) electrons. The summed E-state index contributed by atoms with van der Waals surface area (Å²) in [6, 6.07) is 15.5. The second-order valence-corrected chi connectivity index (χ2v) is 8.50. The van der Waals surface area contributed by atoms with E-state index >= 15 is 4.39 Å². The molecule has 5 rings (SSSR count). The zero-order valence-corrected chi connectivity index (χ0v) is 18.2. The number of carbonyl (C=O) groups excluding carboxylic acids is 1. The van der Waals surface area contributed by atoms with Crippen molar-refractivity contribution in [3.63, 3.8) is 0 Å². The lowest BCUT2D eigenvalue weighted by Crippen LogP contribution is -2.45. The summed E-state index contributed by atoms with van der Waals surface area (Å²) in [6.07, 6.45) is 1.80. The number of anilines is 2. The molecule has 5 nitrogen and oxygen atoms in total. The Balaban J connectivity index is 1.32. The summed E-state index contributed by atoms with van der Waals surface area (Å²) in [7, 11) is 0. The van der Waals surface area contributed by atoms with Gasteiger partial charge in [-0.2, -0.15) is 0 Å². The van der Waals surface area contributed by atoms with Gasteiger partial charge in [0.2, 0.25) is 0 Å². The molecule has 0 spiro atoms. The molecule has 0 unspecified atom stereocenters. The maximum atomic E-state index is 15.1. The van der Waals surface area contributed by atoms with Gasteiger partial charge in [-0.15, -0.1) is 0 Å². The van der Waals surface area contributed by atoms with E-state index in [9.17, 15) is 18.7 Å². The summed E-state index contributed by atoms with van der Waals surface area (Å²) in [4.78, 5) is 20.6. The third-order valence-electron chi connectivity index (χ3n) is 6.48. The number of benzene rings is 3. The molecule has 1 N–H and O–H groups in total. The van der Waals surface area contributed by atoms with Gasteiger partial charge in [0.15, 0.2) is 11.6 Å². The molecule has 174 valence electrons. The van der Waals surface area contributed by atoms with Gasteiger partial charge in [0.1, 0.15) is 5.82 Å². The minimum absolute atomic E-state index is 0.0452. The van der Waals surface area contributed by atoms with Gasteiger partial charge in [0.25, 0.3) is 5.91 Å². The number of piperidine rings is 1. The molecule has 2 heterocycles. The lowest BCUT2D eigenvalue weighted by Gasteiger charge is -2.38. The minimum atomic E-state index is -1.57. The van der Waals surface area contributed by atoms with Gasteiger partial charge in [-0.3, -0.25) is 9.79 Å². The van der Waals surface area contributed by atoms with Crippen molar-refractivity contribution >= 4 is 29.2 Å². The molecule has 3 aromatic carbocycles. The minimum Gasteiger partial charge on any atom is -0.385 e. The van der Waals surface area contributed by atoms with Gasteiger partial charge < -0.3 is 14.9 Å². The number of carbonyl (C=O) groups is 1. The summed E-state index contributed by atoms with van der Waals surface area (Å²) in [5.41, 5.74) is 0.362. The van der Waals surface area contributed by atoms with Gasteiger partial charge in [-0.05, 0) is 49.2 Å². The highest BCUT2D eigenvalue weighted by Gasteiger charge is 2.38. The van der Waals surface area contributed by atoms with Crippen molar-refractivity contribution < 1.29 is 23.1 Å². The molecule has 8 heteroatoms. The van der Waals surface area contributed by atoms with Crippen LogP contribution in [0.3, 0.4) is 0 Å². The molecule has 3 aromatic rings. The number of nitrogens with zero attached hydrogens (tertiary/aromatic N) is 3. The third kappa shape index (κ3) is 3.84. The summed E-state index contributed by atoms with van der Waals surface area (Å²) < 4.78 is 42.9. The van der Waals surface area contributed by atoms with E-state index < -0.39 is 23.1 Å². The largest absolute Gasteiger partial charge is 0.385 e. The van der Waals surface area contributed by atoms with E-state index in [0.717, 1.165) is 17.4 Å². The predicted molar refractivity (Wildman–Crippen MR) is 123 cm³/mol. The molecule has 1 amide bonds. The lowest BCUT2D eigenvalue weighted by molar-refractivity contribution is -0.0240. The van der Waals surface area contributed by atoms with Crippen LogP contribution < -0.4 is 4.90 Å². The number of aliphatic hydroxyl groups is 1. The second-order valence-electron chi connectivity index (χ2n) is 8.50. The van der Waals surface area contributed by atoms with E-state index in [0.29, 0.717) is 12.2 Å². The number of fused-ring (bicyclic) bond motifs is 1. The van der Waals surface area contributed by atoms with Crippen molar-refractivity contribution in [3.8, 4) is 0 Å². The van der Waals surface area contributed by atoms with E-state index in [-0.39, 0.29) is 43.0 Å². The van der Waals surface area contributed by atoms with Crippen LogP contribution in [0.5, 0.6) is 0 Å². The highest BCUT2D eigenvalue weighted by molar-refractivity contribution is 5.95. The molecule has 0 aliphatic carbocycles. The standard InChI is InChI=1S/C26H22F3N3O2/c27-19-5-3-4-18(24(19)29)26(34)10-13-31(14-11-26)25(33)17-8-9-22(20(28)16-17)32-15-12-30-21-6-1-2-7-23(21)32/h1-9,12,16,34H,10-11,13-15H2. The molecule has 0 aromatic heterocycles. The van der Waals surface area contributed by atoms with Crippen molar-refractivity contribution in [2.75, 3.05) is 24.5 Å². The fraction of sp³-hybridized carbons (Fsp3) is 0.231. The molecular formula is C26H22F3N3O2. The maximum absolute atomic E-state index is 15.1. The Labute approximate surface area is 194 Å². The van der Waals surface area contributed by atoms with Crippen LogP contribution in [0, 0.1) is 17.5 Å². The molecular weight excluding hydrogens is 443 g/mol. The van der Waals surface area contributed by atoms with Crippen molar-refractivity contribution in [1.82, 2.24) is 4.90 Å². The SMILES string of the molecule is O=C(c1ccc(N2CC=Nc3ccccc32)c(F)c1)N1CCC(O)(c2cccc(F)c2F)CC1. The van der Waals surface area contributed by atoms with E-state index in [4.69, 9.17) is 0 Å². The summed E-state index contributed by atoms with van der Waals surface area (Å²) in [5.74, 6) is -3.02. The van der Waals surface area contributed by atoms with E-state index in [2.05, 4.69) is 4.99 Å². The number of rotatable bonds is 3. The molecule has 2 aliphatic heterocycles. The molecule has 0 bridgehead atoms. The van der Waals surface area contributed by atoms with Crippen LogP contribution in [-0.2, 0) is 5.60 Å². The summed E-state index contributed by atoms with van der Waals surface area (Å²) in [6.45, 7) is 0.665. The molecule has 34 heavy (non-hydrogen) atoms. The first kappa shape index (κ1) is 22.2. The Kier molecular flexibility index (Phi) is 5.61. The first-order valence-electron chi connectivity index (χ1n) is 11.0. The average molecular weight is 465 g/mol. The van der Waals surface area contributed by atoms with E-state index in [1.54, 1.807) is 23.2 Å². The fourth-order valence-electron chi connectivity index (χ4n) is 4.60. The zero-order valence-electron chi connectivity index (χ0n) is 18.2. The maximum Gasteiger partial charge on any atom is 0.253 e. The Morgan fingerprint density at radius 3 is 2.44 bits per heavy atom. The number of para-hydroxylation sites is 2.